The van der Waals surface area contributed by atoms with Crippen molar-refractivity contribution in [3.8, 4) is 5.75 Å². The van der Waals surface area contributed by atoms with Crippen LogP contribution in [0, 0.1) is 5.41 Å². The Morgan fingerprint density at radius 2 is 2.14 bits per heavy atom. The third-order valence-corrected chi connectivity index (χ3v) is 5.38. The highest BCUT2D eigenvalue weighted by Gasteiger charge is 2.37. The Morgan fingerprint density at radius 3 is 2.82 bits per heavy atom. The number of carbonyl (C=O) groups is 1. The van der Waals surface area contributed by atoms with E-state index in [0.717, 1.165) is 49.2 Å². The lowest BCUT2D eigenvalue weighted by atomic mass is 9.78. The fraction of sp³-hybridized carbons (Fsp3) is 0.588. The van der Waals surface area contributed by atoms with E-state index in [1.165, 1.54) is 6.42 Å². The Kier molecular flexibility index (Phi) is 5.03. The van der Waals surface area contributed by atoms with Gasteiger partial charge in [0.15, 0.2) is 0 Å². The molecule has 3 rings (SSSR count). The molecule has 0 unspecified atom stereocenters. The van der Waals surface area contributed by atoms with E-state index in [9.17, 15) is 4.79 Å². The Morgan fingerprint density at radius 1 is 1.32 bits per heavy atom. The van der Waals surface area contributed by atoms with Crippen LogP contribution in [0.5, 0.6) is 5.75 Å². The summed E-state index contributed by atoms with van der Waals surface area (Å²) < 4.78 is 6.64. The fourth-order valence-electron chi connectivity index (χ4n) is 3.42. The summed E-state index contributed by atoms with van der Waals surface area (Å²) in [6, 6.07) is 7.72. The molecular formula is C17H23BrN2O2. The van der Waals surface area contributed by atoms with Crippen molar-refractivity contribution in [2.24, 2.45) is 5.41 Å². The molecule has 0 aromatic heterocycles. The van der Waals surface area contributed by atoms with Crippen molar-refractivity contribution >= 4 is 21.8 Å². The van der Waals surface area contributed by atoms with Crippen LogP contribution in [0.3, 0.4) is 0 Å². The van der Waals surface area contributed by atoms with Crippen molar-refractivity contribution in [2.75, 3.05) is 32.8 Å². The molecule has 22 heavy (non-hydrogen) atoms. The predicted molar refractivity (Wildman–Crippen MR) is 90.0 cm³/mol. The number of ether oxygens (including phenoxy) is 1. The summed E-state index contributed by atoms with van der Waals surface area (Å²) in [5.74, 6) is 1.02. The third kappa shape index (κ3) is 3.82. The van der Waals surface area contributed by atoms with Gasteiger partial charge in [0.05, 0.1) is 13.0 Å². The van der Waals surface area contributed by atoms with E-state index in [-0.39, 0.29) is 5.91 Å². The number of piperidine rings is 1. The SMILES string of the molecule is O=C(CCOc1cccc(Br)c1)N1CCC2(CCNC2)CC1. The van der Waals surface area contributed by atoms with E-state index in [0.29, 0.717) is 18.4 Å². The summed E-state index contributed by atoms with van der Waals surface area (Å²) in [7, 11) is 0. The molecule has 120 valence electrons. The summed E-state index contributed by atoms with van der Waals surface area (Å²) in [6.07, 6.45) is 4.00. The molecule has 4 nitrogen and oxygen atoms in total. The zero-order valence-corrected chi connectivity index (χ0v) is 14.4. The Labute approximate surface area is 140 Å². The number of nitrogens with one attached hydrogen (secondary N) is 1. The summed E-state index contributed by atoms with van der Waals surface area (Å²) in [4.78, 5) is 14.3. The predicted octanol–water partition coefficient (Wildman–Crippen LogP) is 2.82. The second-order valence-corrected chi connectivity index (χ2v) is 7.28. The van der Waals surface area contributed by atoms with Crippen LogP contribution in [0.4, 0.5) is 0 Å². The highest BCUT2D eigenvalue weighted by atomic mass is 79.9. The largest absolute Gasteiger partial charge is 0.493 e. The second-order valence-electron chi connectivity index (χ2n) is 6.36. The van der Waals surface area contributed by atoms with Gasteiger partial charge >= 0.3 is 0 Å². The van der Waals surface area contributed by atoms with Gasteiger partial charge in [-0.25, -0.2) is 0 Å². The molecule has 5 heteroatoms. The molecule has 2 aliphatic heterocycles. The topological polar surface area (TPSA) is 41.6 Å². The number of amides is 1. The molecule has 0 atom stereocenters. The summed E-state index contributed by atoms with van der Waals surface area (Å²) >= 11 is 3.41. The minimum absolute atomic E-state index is 0.218. The van der Waals surface area contributed by atoms with Crippen molar-refractivity contribution in [1.82, 2.24) is 10.2 Å². The van der Waals surface area contributed by atoms with Gasteiger partial charge in [0.1, 0.15) is 5.75 Å². The van der Waals surface area contributed by atoms with Crippen LogP contribution in [0.2, 0.25) is 0 Å². The maximum atomic E-state index is 12.3. The van der Waals surface area contributed by atoms with Crippen molar-refractivity contribution in [3.63, 3.8) is 0 Å². The smallest absolute Gasteiger partial charge is 0.225 e. The van der Waals surface area contributed by atoms with Gasteiger partial charge in [0.2, 0.25) is 5.91 Å². The average molecular weight is 367 g/mol. The third-order valence-electron chi connectivity index (χ3n) is 4.89. The van der Waals surface area contributed by atoms with Crippen LogP contribution >= 0.6 is 15.9 Å². The van der Waals surface area contributed by atoms with Gasteiger partial charge in [-0.3, -0.25) is 4.79 Å². The van der Waals surface area contributed by atoms with Crippen molar-refractivity contribution in [1.29, 1.82) is 0 Å². The lowest BCUT2D eigenvalue weighted by molar-refractivity contribution is -0.133. The minimum atomic E-state index is 0.218. The second kappa shape index (κ2) is 7.01. The molecule has 0 saturated carbocycles. The Hall–Kier alpha value is -1.07. The quantitative estimate of drug-likeness (QED) is 0.890. The molecule has 1 aromatic rings. The fourth-order valence-corrected chi connectivity index (χ4v) is 3.80. The van der Waals surface area contributed by atoms with Crippen molar-refractivity contribution in [3.05, 3.63) is 28.7 Å². The number of likely N-dealkylation sites (tertiary alicyclic amines) is 1. The standard InChI is InChI=1S/C17H23BrN2O2/c18-14-2-1-3-15(12-14)22-11-4-16(21)20-9-6-17(7-10-20)5-8-19-13-17/h1-3,12,19H,4-11,13H2. The maximum Gasteiger partial charge on any atom is 0.225 e. The monoisotopic (exact) mass is 366 g/mol. The molecule has 0 radical (unpaired) electrons. The lowest BCUT2D eigenvalue weighted by Gasteiger charge is -2.38. The van der Waals surface area contributed by atoms with E-state index in [2.05, 4.69) is 21.2 Å². The molecule has 1 amide bonds. The molecule has 1 spiro atoms. The number of nitrogens with zero attached hydrogens (tertiary/aromatic N) is 1. The number of hydrogen-bond acceptors (Lipinski definition) is 3. The van der Waals surface area contributed by atoms with Gasteiger partial charge < -0.3 is 15.0 Å². The van der Waals surface area contributed by atoms with E-state index in [1.807, 2.05) is 29.2 Å². The molecule has 2 aliphatic rings. The molecule has 0 aliphatic carbocycles. The van der Waals surface area contributed by atoms with Crippen LogP contribution in [-0.2, 0) is 4.79 Å². The summed E-state index contributed by atoms with van der Waals surface area (Å²) in [5.41, 5.74) is 0.462. The van der Waals surface area contributed by atoms with Crippen LogP contribution in [0.25, 0.3) is 0 Å². The molecular weight excluding hydrogens is 344 g/mol. The Balaban J connectivity index is 1.41. The van der Waals surface area contributed by atoms with Gasteiger partial charge in [-0.2, -0.15) is 0 Å². The van der Waals surface area contributed by atoms with Crippen LogP contribution < -0.4 is 10.1 Å². The number of benzene rings is 1. The normalized spacial score (nSPS) is 20.3. The van der Waals surface area contributed by atoms with Gasteiger partial charge in [-0.1, -0.05) is 22.0 Å². The van der Waals surface area contributed by atoms with Crippen molar-refractivity contribution < 1.29 is 9.53 Å². The van der Waals surface area contributed by atoms with Crippen LogP contribution in [0.1, 0.15) is 25.7 Å². The van der Waals surface area contributed by atoms with E-state index in [4.69, 9.17) is 4.74 Å². The molecule has 2 heterocycles. The maximum absolute atomic E-state index is 12.3. The lowest BCUT2D eigenvalue weighted by Crippen LogP contribution is -2.44. The van der Waals surface area contributed by atoms with Gasteiger partial charge in [-0.05, 0) is 49.4 Å². The summed E-state index contributed by atoms with van der Waals surface area (Å²) in [5, 5.41) is 3.46. The highest BCUT2D eigenvalue weighted by molar-refractivity contribution is 9.10. The number of rotatable bonds is 4. The van der Waals surface area contributed by atoms with E-state index in [1.54, 1.807) is 0 Å². The molecule has 1 N–H and O–H groups in total. The molecule has 1 aromatic carbocycles. The zero-order chi connectivity index (χ0) is 15.4. The number of hydrogen-bond donors (Lipinski definition) is 1. The first-order valence-electron chi connectivity index (χ1n) is 8.04. The first kappa shape index (κ1) is 15.8. The average Bonchev–Trinajstić information content (AvgIpc) is 2.96. The number of carbonyl (C=O) groups excluding carboxylic acids is 1. The first-order valence-corrected chi connectivity index (χ1v) is 8.83. The van der Waals surface area contributed by atoms with E-state index >= 15 is 0 Å². The minimum Gasteiger partial charge on any atom is -0.493 e. The van der Waals surface area contributed by atoms with Gasteiger partial charge in [0.25, 0.3) is 0 Å². The highest BCUT2D eigenvalue weighted by Crippen LogP contribution is 2.36. The van der Waals surface area contributed by atoms with Gasteiger partial charge in [0, 0.05) is 24.1 Å². The van der Waals surface area contributed by atoms with Crippen molar-refractivity contribution in [2.45, 2.75) is 25.7 Å². The van der Waals surface area contributed by atoms with Crippen LogP contribution in [-0.4, -0.2) is 43.6 Å². The Bertz CT molecular complexity index is 519. The van der Waals surface area contributed by atoms with Crippen LogP contribution in [0.15, 0.2) is 28.7 Å². The first-order chi connectivity index (χ1) is 10.7. The summed E-state index contributed by atoms with van der Waals surface area (Å²) in [6.45, 7) is 4.50. The molecule has 2 saturated heterocycles. The van der Waals surface area contributed by atoms with Gasteiger partial charge in [-0.15, -0.1) is 0 Å². The number of halogens is 1. The zero-order valence-electron chi connectivity index (χ0n) is 12.8. The molecule has 2 fully saturated rings. The molecule has 0 bridgehead atoms. The van der Waals surface area contributed by atoms with E-state index < -0.39 is 0 Å².